The minimum absolute atomic E-state index is 0.147. The van der Waals surface area contributed by atoms with E-state index in [2.05, 4.69) is 4.98 Å². The lowest BCUT2D eigenvalue weighted by Crippen LogP contribution is -2.13. The predicted molar refractivity (Wildman–Crippen MR) is 97.1 cm³/mol. The van der Waals surface area contributed by atoms with Crippen molar-refractivity contribution >= 4 is 16.6 Å². The zero-order valence-corrected chi connectivity index (χ0v) is 13.2. The molecule has 0 saturated heterocycles. The SMILES string of the molecule is Nc1cn(-c2ccc(F)cc2)c2cc(-c3ccncc3)ccc2c1=O. The average molecular weight is 331 g/mol. The van der Waals surface area contributed by atoms with E-state index in [4.69, 9.17) is 5.73 Å². The van der Waals surface area contributed by atoms with Gasteiger partial charge in [-0.1, -0.05) is 6.07 Å². The number of anilines is 1. The molecule has 4 rings (SSSR count). The van der Waals surface area contributed by atoms with Crippen molar-refractivity contribution in [2.75, 3.05) is 5.73 Å². The Morgan fingerprint density at radius 3 is 2.36 bits per heavy atom. The summed E-state index contributed by atoms with van der Waals surface area (Å²) in [7, 11) is 0. The summed E-state index contributed by atoms with van der Waals surface area (Å²) in [6, 6.07) is 15.4. The fraction of sp³-hybridized carbons (Fsp3) is 0. The summed E-state index contributed by atoms with van der Waals surface area (Å²) >= 11 is 0. The maximum absolute atomic E-state index is 13.3. The molecular weight excluding hydrogens is 317 g/mol. The van der Waals surface area contributed by atoms with Crippen LogP contribution in [0.25, 0.3) is 27.7 Å². The molecule has 0 aliphatic rings. The Morgan fingerprint density at radius 1 is 0.920 bits per heavy atom. The van der Waals surface area contributed by atoms with Gasteiger partial charge in [0.05, 0.1) is 11.2 Å². The van der Waals surface area contributed by atoms with Gasteiger partial charge in [-0.3, -0.25) is 9.78 Å². The normalized spacial score (nSPS) is 10.9. The second-order valence-electron chi connectivity index (χ2n) is 5.73. The van der Waals surface area contributed by atoms with Crippen LogP contribution in [0.2, 0.25) is 0 Å². The van der Waals surface area contributed by atoms with Gasteiger partial charge in [-0.25, -0.2) is 4.39 Å². The summed E-state index contributed by atoms with van der Waals surface area (Å²) in [5.41, 5.74) is 9.20. The monoisotopic (exact) mass is 331 g/mol. The molecule has 4 nitrogen and oxygen atoms in total. The van der Waals surface area contributed by atoms with Crippen LogP contribution in [0.3, 0.4) is 0 Å². The molecule has 0 aliphatic carbocycles. The van der Waals surface area contributed by atoms with Gasteiger partial charge in [-0.15, -0.1) is 0 Å². The lowest BCUT2D eigenvalue weighted by atomic mass is 10.0. The highest BCUT2D eigenvalue weighted by Gasteiger charge is 2.10. The number of rotatable bonds is 2. The lowest BCUT2D eigenvalue weighted by molar-refractivity contribution is 0.627. The van der Waals surface area contributed by atoms with E-state index in [0.717, 1.165) is 16.8 Å². The van der Waals surface area contributed by atoms with Crippen molar-refractivity contribution in [2.45, 2.75) is 0 Å². The van der Waals surface area contributed by atoms with Crippen molar-refractivity contribution in [3.8, 4) is 16.8 Å². The van der Waals surface area contributed by atoms with E-state index in [1.807, 2.05) is 24.3 Å². The quantitative estimate of drug-likeness (QED) is 0.608. The van der Waals surface area contributed by atoms with Crippen LogP contribution in [-0.2, 0) is 0 Å². The van der Waals surface area contributed by atoms with Crippen LogP contribution in [0.1, 0.15) is 0 Å². The molecule has 25 heavy (non-hydrogen) atoms. The Balaban J connectivity index is 2.02. The molecule has 0 unspecified atom stereocenters. The van der Waals surface area contributed by atoms with E-state index in [-0.39, 0.29) is 16.9 Å². The van der Waals surface area contributed by atoms with Crippen molar-refractivity contribution in [2.24, 2.45) is 0 Å². The first-order chi connectivity index (χ1) is 12.1. The maximum atomic E-state index is 13.3. The van der Waals surface area contributed by atoms with Crippen LogP contribution >= 0.6 is 0 Å². The molecule has 2 N–H and O–H groups in total. The average Bonchev–Trinajstić information content (AvgIpc) is 2.66. The van der Waals surface area contributed by atoms with Gasteiger partial charge in [-0.05, 0) is 59.7 Å². The Bertz CT molecular complexity index is 1120. The molecule has 2 aromatic carbocycles. The molecule has 0 spiro atoms. The third-order valence-electron chi connectivity index (χ3n) is 4.15. The molecule has 0 atom stereocenters. The van der Waals surface area contributed by atoms with E-state index in [1.54, 1.807) is 41.4 Å². The van der Waals surface area contributed by atoms with Gasteiger partial charge in [0.15, 0.2) is 0 Å². The Hall–Kier alpha value is -3.47. The molecule has 0 radical (unpaired) electrons. The van der Waals surface area contributed by atoms with Crippen LogP contribution in [0.15, 0.2) is 78.0 Å². The Labute approximate surface area is 143 Å². The molecule has 0 aliphatic heterocycles. The molecule has 0 fully saturated rings. The minimum atomic E-state index is -0.320. The van der Waals surface area contributed by atoms with Gasteiger partial charge in [0, 0.05) is 29.7 Å². The number of nitrogen functional groups attached to an aromatic ring is 1. The number of nitrogens with two attached hydrogens (primary N) is 1. The first-order valence-corrected chi connectivity index (χ1v) is 7.75. The highest BCUT2D eigenvalue weighted by atomic mass is 19.1. The lowest BCUT2D eigenvalue weighted by Gasteiger charge is -2.13. The zero-order chi connectivity index (χ0) is 17.4. The molecule has 2 heterocycles. The molecule has 4 aromatic rings. The van der Waals surface area contributed by atoms with Crippen LogP contribution in [-0.4, -0.2) is 9.55 Å². The summed E-state index contributed by atoms with van der Waals surface area (Å²) in [4.78, 5) is 16.4. The molecule has 0 amide bonds. The summed E-state index contributed by atoms with van der Waals surface area (Å²) in [6.07, 6.45) is 5.01. The van der Waals surface area contributed by atoms with Gasteiger partial charge in [-0.2, -0.15) is 0 Å². The van der Waals surface area contributed by atoms with Crippen molar-refractivity contribution < 1.29 is 4.39 Å². The fourth-order valence-electron chi connectivity index (χ4n) is 2.88. The fourth-order valence-corrected chi connectivity index (χ4v) is 2.88. The number of halogens is 1. The minimum Gasteiger partial charge on any atom is -0.394 e. The highest BCUT2D eigenvalue weighted by molar-refractivity contribution is 5.87. The van der Waals surface area contributed by atoms with Crippen LogP contribution in [0.5, 0.6) is 0 Å². The topological polar surface area (TPSA) is 60.9 Å². The number of fused-ring (bicyclic) bond motifs is 1. The Morgan fingerprint density at radius 2 is 1.64 bits per heavy atom. The third kappa shape index (κ3) is 2.65. The van der Waals surface area contributed by atoms with Crippen molar-refractivity contribution in [3.05, 3.63) is 89.2 Å². The summed E-state index contributed by atoms with van der Waals surface area (Å²) < 4.78 is 15.1. The van der Waals surface area contributed by atoms with Gasteiger partial charge < -0.3 is 10.3 Å². The number of pyridine rings is 2. The van der Waals surface area contributed by atoms with Crippen LogP contribution in [0, 0.1) is 5.82 Å². The zero-order valence-electron chi connectivity index (χ0n) is 13.2. The second kappa shape index (κ2) is 5.87. The van der Waals surface area contributed by atoms with Crippen molar-refractivity contribution in [3.63, 3.8) is 0 Å². The van der Waals surface area contributed by atoms with E-state index in [9.17, 15) is 9.18 Å². The summed E-state index contributed by atoms with van der Waals surface area (Å²) in [5.74, 6) is -0.320. The van der Waals surface area contributed by atoms with Gasteiger partial charge >= 0.3 is 0 Å². The van der Waals surface area contributed by atoms with Crippen LogP contribution < -0.4 is 11.2 Å². The number of benzene rings is 2. The van der Waals surface area contributed by atoms with E-state index in [0.29, 0.717) is 10.9 Å². The first-order valence-electron chi connectivity index (χ1n) is 7.75. The summed E-state index contributed by atoms with van der Waals surface area (Å²) in [6.45, 7) is 0. The highest BCUT2D eigenvalue weighted by Crippen LogP contribution is 2.25. The molecular formula is C20H14FN3O. The number of aromatic nitrogens is 2. The maximum Gasteiger partial charge on any atom is 0.212 e. The van der Waals surface area contributed by atoms with Crippen LogP contribution in [0.4, 0.5) is 10.1 Å². The molecule has 5 heteroatoms. The van der Waals surface area contributed by atoms with E-state index in [1.165, 1.54) is 12.1 Å². The molecule has 2 aromatic heterocycles. The summed E-state index contributed by atoms with van der Waals surface area (Å²) in [5, 5.41) is 0.516. The second-order valence-corrected chi connectivity index (χ2v) is 5.73. The number of hydrogen-bond acceptors (Lipinski definition) is 3. The van der Waals surface area contributed by atoms with Gasteiger partial charge in [0.1, 0.15) is 5.82 Å². The smallest absolute Gasteiger partial charge is 0.212 e. The van der Waals surface area contributed by atoms with E-state index < -0.39 is 0 Å². The van der Waals surface area contributed by atoms with Crippen molar-refractivity contribution in [1.82, 2.24) is 9.55 Å². The standard InChI is InChI=1S/C20H14FN3O/c21-15-2-4-16(5-3-15)24-12-18(22)20(25)17-6-1-14(11-19(17)24)13-7-9-23-10-8-13/h1-12H,22H2. The third-order valence-corrected chi connectivity index (χ3v) is 4.15. The largest absolute Gasteiger partial charge is 0.394 e. The number of nitrogens with zero attached hydrogens (tertiary/aromatic N) is 2. The molecule has 0 saturated carbocycles. The van der Waals surface area contributed by atoms with E-state index >= 15 is 0 Å². The predicted octanol–water partition coefficient (Wildman–Crippen LogP) is 3.77. The first kappa shape index (κ1) is 15.1. The molecule has 0 bridgehead atoms. The number of hydrogen-bond donors (Lipinski definition) is 1. The van der Waals surface area contributed by atoms with Crippen molar-refractivity contribution in [1.29, 1.82) is 0 Å². The van der Waals surface area contributed by atoms with Gasteiger partial charge in [0.2, 0.25) is 5.43 Å². The molecule has 122 valence electrons. The van der Waals surface area contributed by atoms with Gasteiger partial charge in [0.25, 0.3) is 0 Å². The Kier molecular flexibility index (Phi) is 3.54.